The van der Waals surface area contributed by atoms with Crippen LogP contribution in [0.4, 0.5) is 0 Å². The third kappa shape index (κ3) is 2.47. The first kappa shape index (κ1) is 12.9. The Balaban J connectivity index is 2.44. The molecule has 0 saturated heterocycles. The highest BCUT2D eigenvalue weighted by atomic mass is 16.5. The van der Waals surface area contributed by atoms with Gasteiger partial charge in [0.25, 0.3) is 0 Å². The van der Waals surface area contributed by atoms with Crippen LogP contribution in [0.1, 0.15) is 38.8 Å². The number of para-hydroxylation sites is 1. The molecule has 0 aliphatic carbocycles. The van der Waals surface area contributed by atoms with Gasteiger partial charge in [-0.1, -0.05) is 32.0 Å². The average molecular weight is 244 g/mol. The van der Waals surface area contributed by atoms with Gasteiger partial charge in [-0.25, -0.2) is 0 Å². The molecule has 1 aliphatic rings. The molecular weight excluding hydrogens is 224 g/mol. The number of hydrogen-bond donors (Lipinski definition) is 0. The van der Waals surface area contributed by atoms with Crippen molar-refractivity contribution in [1.29, 1.82) is 0 Å². The van der Waals surface area contributed by atoms with Crippen molar-refractivity contribution in [3.8, 4) is 5.75 Å². The molecule has 2 rings (SSSR count). The van der Waals surface area contributed by atoms with E-state index in [4.69, 9.17) is 4.74 Å². The first-order valence-corrected chi connectivity index (χ1v) is 6.40. The lowest BCUT2D eigenvalue weighted by Crippen LogP contribution is -2.24. The minimum Gasteiger partial charge on any atom is -0.487 e. The van der Waals surface area contributed by atoms with E-state index in [1.807, 2.05) is 32.1 Å². The highest BCUT2D eigenvalue weighted by Gasteiger charge is 2.31. The molecule has 0 radical (unpaired) electrons. The number of allylic oxidation sites excluding steroid dienone is 1. The molecule has 1 aromatic rings. The molecule has 0 atom stereocenters. The predicted molar refractivity (Wildman–Crippen MR) is 73.7 cm³/mol. The summed E-state index contributed by atoms with van der Waals surface area (Å²) in [6.07, 6.45) is 3.80. The molecule has 0 spiro atoms. The van der Waals surface area contributed by atoms with Crippen molar-refractivity contribution < 1.29 is 9.53 Å². The minimum absolute atomic E-state index is 0.147. The maximum absolute atomic E-state index is 11.1. The lowest BCUT2D eigenvalue weighted by atomic mass is 9.98. The summed E-state index contributed by atoms with van der Waals surface area (Å²) in [7, 11) is 0. The van der Waals surface area contributed by atoms with Gasteiger partial charge in [0.05, 0.1) is 0 Å². The maximum Gasteiger partial charge on any atom is 0.146 e. The summed E-state index contributed by atoms with van der Waals surface area (Å²) in [6, 6.07) is 6.13. The van der Waals surface area contributed by atoms with Crippen LogP contribution in [0.25, 0.3) is 6.08 Å². The molecule has 1 heterocycles. The second kappa shape index (κ2) is 4.60. The molecule has 0 saturated carbocycles. The molecule has 18 heavy (non-hydrogen) atoms. The third-order valence-corrected chi connectivity index (χ3v) is 3.25. The summed E-state index contributed by atoms with van der Waals surface area (Å²) >= 11 is 0. The second-order valence-corrected chi connectivity index (χ2v) is 5.79. The number of ether oxygens (including phenoxy) is 1. The molecule has 0 unspecified atom stereocenters. The first-order valence-electron chi connectivity index (χ1n) is 6.40. The Hall–Kier alpha value is -1.57. The molecule has 1 aromatic carbocycles. The van der Waals surface area contributed by atoms with E-state index in [0.29, 0.717) is 0 Å². The van der Waals surface area contributed by atoms with Gasteiger partial charge in [-0.05, 0) is 37.0 Å². The fourth-order valence-corrected chi connectivity index (χ4v) is 2.27. The van der Waals surface area contributed by atoms with Gasteiger partial charge in [-0.2, -0.15) is 0 Å². The van der Waals surface area contributed by atoms with Crippen LogP contribution < -0.4 is 4.74 Å². The molecule has 0 amide bonds. The van der Waals surface area contributed by atoms with Crippen molar-refractivity contribution in [2.24, 2.45) is 5.92 Å². The van der Waals surface area contributed by atoms with Crippen LogP contribution in [0.5, 0.6) is 5.75 Å². The second-order valence-electron chi connectivity index (χ2n) is 5.79. The standard InChI is InChI=1S/C16H20O2/c1-11(2)14(10-17)8-12-6-5-7-13-9-16(3,4)18-15(12)13/h5-8,10-11H,9H2,1-4H3. The van der Waals surface area contributed by atoms with Crippen LogP contribution in [0.2, 0.25) is 0 Å². The molecule has 0 N–H and O–H groups in total. The van der Waals surface area contributed by atoms with E-state index in [1.54, 1.807) is 0 Å². The van der Waals surface area contributed by atoms with E-state index >= 15 is 0 Å². The van der Waals surface area contributed by atoms with Crippen molar-refractivity contribution in [3.05, 3.63) is 34.9 Å². The highest BCUT2D eigenvalue weighted by molar-refractivity contribution is 5.83. The topological polar surface area (TPSA) is 26.3 Å². The van der Waals surface area contributed by atoms with E-state index in [9.17, 15) is 4.79 Å². The summed E-state index contributed by atoms with van der Waals surface area (Å²) in [6.45, 7) is 8.22. The molecule has 0 fully saturated rings. The largest absolute Gasteiger partial charge is 0.487 e. The number of fused-ring (bicyclic) bond motifs is 1. The normalized spacial score (nSPS) is 17.5. The summed E-state index contributed by atoms with van der Waals surface area (Å²) in [4.78, 5) is 11.1. The third-order valence-electron chi connectivity index (χ3n) is 3.25. The van der Waals surface area contributed by atoms with E-state index in [-0.39, 0.29) is 11.5 Å². The molecule has 0 aromatic heterocycles. The Morgan fingerprint density at radius 2 is 2.11 bits per heavy atom. The Morgan fingerprint density at radius 3 is 2.72 bits per heavy atom. The monoisotopic (exact) mass is 244 g/mol. The van der Waals surface area contributed by atoms with Crippen molar-refractivity contribution in [2.75, 3.05) is 0 Å². The quantitative estimate of drug-likeness (QED) is 0.599. The Bertz CT molecular complexity index is 496. The van der Waals surface area contributed by atoms with Gasteiger partial charge in [-0.15, -0.1) is 0 Å². The zero-order valence-corrected chi connectivity index (χ0v) is 11.5. The minimum atomic E-state index is -0.147. The Morgan fingerprint density at radius 1 is 1.39 bits per heavy atom. The summed E-state index contributed by atoms with van der Waals surface area (Å²) in [5.41, 5.74) is 2.89. The van der Waals surface area contributed by atoms with Crippen molar-refractivity contribution in [2.45, 2.75) is 39.7 Å². The molecular formula is C16H20O2. The summed E-state index contributed by atoms with van der Waals surface area (Å²) in [5.74, 6) is 1.16. The van der Waals surface area contributed by atoms with Crippen molar-refractivity contribution in [3.63, 3.8) is 0 Å². The SMILES string of the molecule is CC(C)C(C=O)=Cc1cccc2c1OC(C)(C)C2. The fraction of sp³-hybridized carbons (Fsp3) is 0.438. The Kier molecular flexibility index (Phi) is 3.29. The van der Waals surface area contributed by atoms with Gasteiger partial charge in [0.1, 0.15) is 17.6 Å². The van der Waals surface area contributed by atoms with Crippen LogP contribution in [0.3, 0.4) is 0 Å². The number of benzene rings is 1. The first-order chi connectivity index (χ1) is 8.43. The summed E-state index contributed by atoms with van der Waals surface area (Å²) < 4.78 is 5.99. The fourth-order valence-electron chi connectivity index (χ4n) is 2.27. The van der Waals surface area contributed by atoms with Crippen LogP contribution in [0.15, 0.2) is 23.8 Å². The average Bonchev–Trinajstić information content (AvgIpc) is 2.60. The number of rotatable bonds is 3. The van der Waals surface area contributed by atoms with Crippen LogP contribution in [0, 0.1) is 5.92 Å². The lowest BCUT2D eigenvalue weighted by Gasteiger charge is -2.17. The Labute approximate surface area is 109 Å². The van der Waals surface area contributed by atoms with E-state index in [0.717, 1.165) is 29.6 Å². The van der Waals surface area contributed by atoms with Crippen LogP contribution >= 0.6 is 0 Å². The van der Waals surface area contributed by atoms with Crippen LogP contribution in [-0.2, 0) is 11.2 Å². The van der Waals surface area contributed by atoms with Crippen molar-refractivity contribution >= 4 is 12.4 Å². The number of hydrogen-bond acceptors (Lipinski definition) is 2. The van der Waals surface area contributed by atoms with E-state index in [1.165, 1.54) is 5.56 Å². The molecule has 96 valence electrons. The zero-order chi connectivity index (χ0) is 13.3. The molecule has 0 bridgehead atoms. The number of aldehydes is 1. The van der Waals surface area contributed by atoms with Gasteiger partial charge < -0.3 is 4.74 Å². The number of carbonyl (C=O) groups excluding carboxylic acids is 1. The molecule has 2 heteroatoms. The smallest absolute Gasteiger partial charge is 0.146 e. The zero-order valence-electron chi connectivity index (χ0n) is 11.5. The van der Waals surface area contributed by atoms with E-state index < -0.39 is 0 Å². The summed E-state index contributed by atoms with van der Waals surface area (Å²) in [5, 5.41) is 0. The van der Waals surface area contributed by atoms with E-state index in [2.05, 4.69) is 19.9 Å². The highest BCUT2D eigenvalue weighted by Crippen LogP contribution is 2.38. The van der Waals surface area contributed by atoms with Gasteiger partial charge in [0, 0.05) is 12.0 Å². The predicted octanol–water partition coefficient (Wildman–Crippen LogP) is 3.64. The van der Waals surface area contributed by atoms with Crippen LogP contribution in [-0.4, -0.2) is 11.9 Å². The van der Waals surface area contributed by atoms with Gasteiger partial charge >= 0.3 is 0 Å². The van der Waals surface area contributed by atoms with Crippen molar-refractivity contribution in [1.82, 2.24) is 0 Å². The molecule has 2 nitrogen and oxygen atoms in total. The molecule has 1 aliphatic heterocycles. The van der Waals surface area contributed by atoms with Gasteiger partial charge in [0.2, 0.25) is 0 Å². The lowest BCUT2D eigenvalue weighted by molar-refractivity contribution is -0.105. The number of carbonyl (C=O) groups is 1. The van der Waals surface area contributed by atoms with Gasteiger partial charge in [0.15, 0.2) is 0 Å². The maximum atomic E-state index is 11.1. The van der Waals surface area contributed by atoms with Gasteiger partial charge in [-0.3, -0.25) is 4.79 Å².